The van der Waals surface area contributed by atoms with E-state index in [2.05, 4.69) is 30.9 Å². The smallest absolute Gasteiger partial charge is 0.261 e. The van der Waals surface area contributed by atoms with E-state index in [0.717, 1.165) is 53.6 Å². The number of hydrogen-bond acceptors (Lipinski definition) is 5. The highest BCUT2D eigenvalue weighted by molar-refractivity contribution is 6.25. The van der Waals surface area contributed by atoms with Crippen molar-refractivity contribution in [3.05, 3.63) is 76.9 Å². The van der Waals surface area contributed by atoms with Crippen molar-refractivity contribution in [2.75, 3.05) is 32.8 Å². The van der Waals surface area contributed by atoms with Gasteiger partial charge < -0.3 is 14.7 Å². The van der Waals surface area contributed by atoms with Gasteiger partial charge in [0.25, 0.3) is 11.8 Å². The number of carbonyl (C=O) groups is 2. The molecule has 2 aliphatic heterocycles. The number of benzene rings is 3. The van der Waals surface area contributed by atoms with Gasteiger partial charge in [0.05, 0.1) is 0 Å². The van der Waals surface area contributed by atoms with Gasteiger partial charge in [-0.05, 0) is 79.4 Å². The Bertz CT molecular complexity index is 1260. The lowest BCUT2D eigenvalue weighted by molar-refractivity contribution is 0.0452. The molecule has 0 unspecified atom stereocenters. The van der Waals surface area contributed by atoms with Crippen LogP contribution in [0.15, 0.2) is 54.6 Å². The first-order valence-corrected chi connectivity index (χ1v) is 13.3. The van der Waals surface area contributed by atoms with E-state index in [1.807, 2.05) is 49.4 Å². The first kappa shape index (κ1) is 25.4. The van der Waals surface area contributed by atoms with Gasteiger partial charge in [0.1, 0.15) is 18.5 Å². The van der Waals surface area contributed by atoms with Crippen LogP contribution in [0.3, 0.4) is 0 Å². The Hall–Kier alpha value is -3.22. The zero-order chi connectivity index (χ0) is 26.1. The van der Waals surface area contributed by atoms with Gasteiger partial charge in [-0.2, -0.15) is 0 Å². The Kier molecular flexibility index (Phi) is 7.31. The number of hydrogen-bond donors (Lipinski definition) is 1. The second kappa shape index (κ2) is 10.6. The number of amides is 2. The van der Waals surface area contributed by atoms with Gasteiger partial charge in [0, 0.05) is 29.6 Å². The highest BCUT2D eigenvalue weighted by Gasteiger charge is 2.35. The van der Waals surface area contributed by atoms with E-state index in [4.69, 9.17) is 4.74 Å². The highest BCUT2D eigenvalue weighted by atomic mass is 16.5. The largest absolute Gasteiger partial charge is 0.491 e. The lowest BCUT2D eigenvalue weighted by Crippen LogP contribution is -2.46. The number of ether oxygens (including phenoxy) is 1. The molecule has 6 nitrogen and oxygen atoms in total. The van der Waals surface area contributed by atoms with Crippen molar-refractivity contribution < 1.29 is 19.4 Å². The molecular weight excluding hydrogens is 464 g/mol. The van der Waals surface area contributed by atoms with Crippen molar-refractivity contribution in [1.82, 2.24) is 9.80 Å². The minimum Gasteiger partial charge on any atom is -0.491 e. The van der Waals surface area contributed by atoms with Crippen molar-refractivity contribution in [2.24, 2.45) is 5.92 Å². The predicted molar refractivity (Wildman–Crippen MR) is 145 cm³/mol. The molecule has 0 aliphatic carbocycles. The Morgan fingerprint density at radius 1 is 0.973 bits per heavy atom. The van der Waals surface area contributed by atoms with Gasteiger partial charge in [-0.1, -0.05) is 50.2 Å². The first-order valence-electron chi connectivity index (χ1n) is 13.3. The fourth-order valence-electron chi connectivity index (χ4n) is 5.64. The Balaban J connectivity index is 1.14. The van der Waals surface area contributed by atoms with Crippen molar-refractivity contribution in [3.63, 3.8) is 0 Å². The molecule has 1 N–H and O–H groups in total. The summed E-state index contributed by atoms with van der Waals surface area (Å²) in [6, 6.07) is 17.5. The molecule has 3 aromatic rings. The van der Waals surface area contributed by atoms with Crippen LogP contribution >= 0.6 is 0 Å². The summed E-state index contributed by atoms with van der Waals surface area (Å²) < 4.78 is 6.02. The average molecular weight is 501 g/mol. The number of rotatable bonds is 8. The van der Waals surface area contributed by atoms with Crippen LogP contribution in [0.4, 0.5) is 0 Å². The van der Waals surface area contributed by atoms with Gasteiger partial charge >= 0.3 is 0 Å². The van der Waals surface area contributed by atoms with Gasteiger partial charge in [0.15, 0.2) is 0 Å². The molecule has 3 aromatic carbocycles. The molecule has 0 saturated carbocycles. The standard InChI is InChI=1S/C31H36N2O4/c1-20(2)25-11-10-21(3)16-28(25)37-19-24(34)18-32-14-12-22(13-15-32)17-33-30(35)26-8-4-6-23-7-5-9-27(29(23)26)31(33)36/h4-11,16,20,22,24,34H,12-15,17-19H2,1-3H3/t24-/m0/s1. The molecule has 2 amide bonds. The van der Waals surface area contributed by atoms with Crippen LogP contribution in [0, 0.1) is 12.8 Å². The van der Waals surface area contributed by atoms with E-state index in [-0.39, 0.29) is 24.3 Å². The molecule has 2 aliphatic rings. The van der Waals surface area contributed by atoms with Crippen LogP contribution in [-0.4, -0.2) is 65.6 Å². The molecule has 2 heterocycles. The first-order chi connectivity index (χ1) is 17.8. The zero-order valence-corrected chi connectivity index (χ0v) is 21.9. The number of nitrogens with zero attached hydrogens (tertiary/aromatic N) is 2. The lowest BCUT2D eigenvalue weighted by Gasteiger charge is -2.36. The summed E-state index contributed by atoms with van der Waals surface area (Å²) >= 11 is 0. The van der Waals surface area contributed by atoms with Crippen molar-refractivity contribution in [2.45, 2.75) is 45.6 Å². The van der Waals surface area contributed by atoms with Gasteiger partial charge in [-0.3, -0.25) is 14.5 Å². The maximum atomic E-state index is 13.2. The number of aryl methyl sites for hydroxylation is 1. The number of β-amino-alcohol motifs (C(OH)–C–C–N with tert-alkyl or cyclic N) is 1. The molecular formula is C31H36N2O4. The maximum absolute atomic E-state index is 13.2. The van der Waals surface area contributed by atoms with Gasteiger partial charge in [0.2, 0.25) is 0 Å². The van der Waals surface area contributed by atoms with E-state index in [1.54, 1.807) is 0 Å². The van der Waals surface area contributed by atoms with E-state index < -0.39 is 6.10 Å². The minimum absolute atomic E-state index is 0.193. The molecule has 6 heteroatoms. The van der Waals surface area contributed by atoms with Crippen LogP contribution in [-0.2, 0) is 0 Å². The molecule has 0 radical (unpaired) electrons. The number of aliphatic hydroxyl groups excluding tert-OH is 1. The Labute approximate surface area is 218 Å². The monoisotopic (exact) mass is 500 g/mol. The molecule has 1 atom stereocenters. The number of imide groups is 1. The van der Waals surface area contributed by atoms with Gasteiger partial charge in [-0.25, -0.2) is 0 Å². The number of carbonyl (C=O) groups excluding carboxylic acids is 2. The summed E-state index contributed by atoms with van der Waals surface area (Å²) in [4.78, 5) is 30.1. The SMILES string of the molecule is Cc1ccc(C(C)C)c(OC[C@@H](O)CN2CCC(CN3C(=O)c4cccc5cccc(c45)C3=O)CC2)c1. The summed E-state index contributed by atoms with van der Waals surface area (Å²) in [6.07, 6.45) is 1.18. The van der Waals surface area contributed by atoms with Crippen LogP contribution in [0.1, 0.15) is 64.4 Å². The van der Waals surface area contributed by atoms with Crippen LogP contribution in [0.5, 0.6) is 5.75 Å². The maximum Gasteiger partial charge on any atom is 0.261 e. The number of likely N-dealkylation sites (tertiary alicyclic amines) is 1. The highest BCUT2D eigenvalue weighted by Crippen LogP contribution is 2.32. The quantitative estimate of drug-likeness (QED) is 0.440. The normalized spacial score (nSPS) is 17.6. The third-order valence-electron chi connectivity index (χ3n) is 7.69. The second-order valence-electron chi connectivity index (χ2n) is 10.8. The zero-order valence-electron chi connectivity index (χ0n) is 21.9. The second-order valence-corrected chi connectivity index (χ2v) is 10.8. The van der Waals surface area contributed by atoms with Crippen molar-refractivity contribution in [1.29, 1.82) is 0 Å². The minimum atomic E-state index is -0.584. The molecule has 37 heavy (non-hydrogen) atoms. The molecule has 194 valence electrons. The summed E-state index contributed by atoms with van der Waals surface area (Å²) in [6.45, 7) is 9.22. The summed E-state index contributed by atoms with van der Waals surface area (Å²) in [5.41, 5.74) is 3.52. The van der Waals surface area contributed by atoms with E-state index in [1.165, 1.54) is 4.90 Å². The Morgan fingerprint density at radius 3 is 2.24 bits per heavy atom. The molecule has 1 fully saturated rings. The van der Waals surface area contributed by atoms with Crippen LogP contribution in [0.2, 0.25) is 0 Å². The fourth-order valence-corrected chi connectivity index (χ4v) is 5.64. The number of aliphatic hydroxyl groups is 1. The fraction of sp³-hybridized carbons (Fsp3) is 0.419. The topological polar surface area (TPSA) is 70.1 Å². The van der Waals surface area contributed by atoms with Crippen LogP contribution < -0.4 is 4.74 Å². The van der Waals surface area contributed by atoms with Gasteiger partial charge in [-0.15, -0.1) is 0 Å². The van der Waals surface area contributed by atoms with Crippen molar-refractivity contribution >= 4 is 22.6 Å². The lowest BCUT2D eigenvalue weighted by atomic mass is 9.91. The summed E-state index contributed by atoms with van der Waals surface area (Å²) in [5, 5.41) is 12.4. The number of piperidine rings is 1. The van der Waals surface area contributed by atoms with Crippen LogP contribution in [0.25, 0.3) is 10.8 Å². The van der Waals surface area contributed by atoms with E-state index in [9.17, 15) is 14.7 Å². The third-order valence-corrected chi connectivity index (χ3v) is 7.69. The summed E-state index contributed by atoms with van der Waals surface area (Å²) in [7, 11) is 0. The third kappa shape index (κ3) is 5.27. The molecule has 0 spiro atoms. The van der Waals surface area contributed by atoms with E-state index >= 15 is 0 Å². The summed E-state index contributed by atoms with van der Waals surface area (Å²) in [5.74, 6) is 1.07. The molecule has 1 saturated heterocycles. The predicted octanol–water partition coefficient (Wildman–Crippen LogP) is 5.02. The average Bonchev–Trinajstić information content (AvgIpc) is 2.89. The molecule has 0 aromatic heterocycles. The van der Waals surface area contributed by atoms with Crippen molar-refractivity contribution in [3.8, 4) is 5.75 Å². The molecule has 5 rings (SSSR count). The molecule has 0 bridgehead atoms. The van der Waals surface area contributed by atoms with E-state index in [0.29, 0.717) is 30.1 Å². The Morgan fingerprint density at radius 2 is 1.62 bits per heavy atom.